The molecule has 7 heteroatoms. The molecular weight excluding hydrogens is 278 g/mol. The van der Waals surface area contributed by atoms with Crippen molar-refractivity contribution in [1.82, 2.24) is 0 Å². The van der Waals surface area contributed by atoms with E-state index < -0.39 is 15.9 Å². The van der Waals surface area contributed by atoms with Crippen molar-refractivity contribution < 1.29 is 13.2 Å². The maximum atomic E-state index is 12.1. The minimum atomic E-state index is -3.92. The first-order valence-electron chi connectivity index (χ1n) is 5.67. The van der Waals surface area contributed by atoms with E-state index in [2.05, 4.69) is 5.32 Å². The van der Waals surface area contributed by atoms with E-state index in [1.165, 1.54) is 18.2 Å². The Morgan fingerprint density at radius 1 is 1.00 bits per heavy atom. The third-order valence-corrected chi connectivity index (χ3v) is 3.62. The molecule has 1 amide bonds. The van der Waals surface area contributed by atoms with Gasteiger partial charge in [0.15, 0.2) is 0 Å². The van der Waals surface area contributed by atoms with E-state index in [4.69, 9.17) is 10.9 Å². The summed E-state index contributed by atoms with van der Waals surface area (Å²) in [6.07, 6.45) is 0. The maximum Gasteiger partial charge on any atom is 0.257 e. The van der Waals surface area contributed by atoms with Crippen LogP contribution in [-0.2, 0) is 10.0 Å². The Balaban J connectivity index is 2.37. The zero-order valence-electron chi connectivity index (χ0n) is 10.4. The lowest BCUT2D eigenvalue weighted by atomic mass is 10.1. The number of para-hydroxylation sites is 2. The van der Waals surface area contributed by atoms with Crippen molar-refractivity contribution in [2.75, 3.05) is 11.1 Å². The lowest BCUT2D eigenvalue weighted by Crippen LogP contribution is -2.19. The number of carbonyl (C=O) groups excluding carboxylic acids is 1. The van der Waals surface area contributed by atoms with Gasteiger partial charge in [0.05, 0.1) is 11.3 Å². The molecular formula is C13H13N3O3S. The minimum Gasteiger partial charge on any atom is -0.398 e. The van der Waals surface area contributed by atoms with E-state index in [1.807, 2.05) is 0 Å². The second kappa shape index (κ2) is 5.32. The molecule has 0 aliphatic carbocycles. The molecule has 6 nitrogen and oxygen atoms in total. The minimum absolute atomic E-state index is 0.114. The standard InChI is InChI=1S/C13H13N3O3S/c14-10-6-2-1-5-9(10)13(17)16-11-7-3-4-8-12(11)20(15,18)19/h1-8H,14H2,(H,16,17)(H2,15,18,19). The number of carbonyl (C=O) groups is 1. The van der Waals surface area contributed by atoms with Crippen molar-refractivity contribution in [1.29, 1.82) is 0 Å². The number of anilines is 2. The Kier molecular flexibility index (Phi) is 3.73. The number of hydrogen-bond acceptors (Lipinski definition) is 4. The van der Waals surface area contributed by atoms with Crippen molar-refractivity contribution in [3.63, 3.8) is 0 Å². The molecule has 0 heterocycles. The first kappa shape index (κ1) is 14.0. The van der Waals surface area contributed by atoms with Crippen LogP contribution in [-0.4, -0.2) is 14.3 Å². The summed E-state index contributed by atoms with van der Waals surface area (Å²) in [4.78, 5) is 11.9. The lowest BCUT2D eigenvalue weighted by Gasteiger charge is -2.10. The molecule has 5 N–H and O–H groups in total. The first-order chi connectivity index (χ1) is 9.39. The monoisotopic (exact) mass is 291 g/mol. The van der Waals surface area contributed by atoms with E-state index >= 15 is 0 Å². The molecule has 0 saturated heterocycles. The summed E-state index contributed by atoms with van der Waals surface area (Å²) >= 11 is 0. The van der Waals surface area contributed by atoms with Crippen LogP contribution in [0.1, 0.15) is 10.4 Å². The smallest absolute Gasteiger partial charge is 0.257 e. The van der Waals surface area contributed by atoms with Crippen molar-refractivity contribution in [2.24, 2.45) is 5.14 Å². The average molecular weight is 291 g/mol. The van der Waals surface area contributed by atoms with Crippen LogP contribution < -0.4 is 16.2 Å². The SMILES string of the molecule is Nc1ccccc1C(=O)Nc1ccccc1S(N)(=O)=O. The lowest BCUT2D eigenvalue weighted by molar-refractivity contribution is 0.102. The second-order valence-electron chi connectivity index (χ2n) is 4.08. The first-order valence-corrected chi connectivity index (χ1v) is 7.22. The number of sulfonamides is 1. The fourth-order valence-electron chi connectivity index (χ4n) is 1.71. The molecule has 0 spiro atoms. The number of rotatable bonds is 3. The predicted molar refractivity (Wildman–Crippen MR) is 76.6 cm³/mol. The molecule has 20 heavy (non-hydrogen) atoms. The van der Waals surface area contributed by atoms with Crippen LogP contribution in [0.2, 0.25) is 0 Å². The highest BCUT2D eigenvalue weighted by molar-refractivity contribution is 7.89. The molecule has 2 rings (SSSR count). The van der Waals surface area contributed by atoms with Crippen LogP contribution in [0.5, 0.6) is 0 Å². The fourth-order valence-corrected chi connectivity index (χ4v) is 2.41. The molecule has 104 valence electrons. The predicted octanol–water partition coefficient (Wildman–Crippen LogP) is 1.17. The number of hydrogen-bond donors (Lipinski definition) is 3. The van der Waals surface area contributed by atoms with Crippen LogP contribution in [0.15, 0.2) is 53.4 Å². The van der Waals surface area contributed by atoms with Gasteiger partial charge in [0, 0.05) is 5.69 Å². The van der Waals surface area contributed by atoms with Gasteiger partial charge < -0.3 is 11.1 Å². The molecule has 0 saturated carbocycles. The van der Waals surface area contributed by atoms with E-state index in [0.717, 1.165) is 0 Å². The van der Waals surface area contributed by atoms with Gasteiger partial charge >= 0.3 is 0 Å². The van der Waals surface area contributed by atoms with E-state index in [9.17, 15) is 13.2 Å². The van der Waals surface area contributed by atoms with E-state index in [1.54, 1.807) is 30.3 Å². The summed E-state index contributed by atoms with van der Waals surface area (Å²) in [6.45, 7) is 0. The van der Waals surface area contributed by atoms with Gasteiger partial charge in [-0.1, -0.05) is 24.3 Å². The van der Waals surface area contributed by atoms with Gasteiger partial charge in [0.2, 0.25) is 10.0 Å². The molecule has 0 fully saturated rings. The van der Waals surface area contributed by atoms with Gasteiger partial charge in [-0.05, 0) is 24.3 Å². The molecule has 0 unspecified atom stereocenters. The van der Waals surface area contributed by atoms with E-state index in [-0.39, 0.29) is 16.1 Å². The van der Waals surface area contributed by atoms with Gasteiger partial charge in [-0.15, -0.1) is 0 Å². The van der Waals surface area contributed by atoms with Crippen LogP contribution in [0.3, 0.4) is 0 Å². The zero-order chi connectivity index (χ0) is 14.8. The third-order valence-electron chi connectivity index (χ3n) is 2.65. The summed E-state index contributed by atoms with van der Waals surface area (Å²) in [5.41, 5.74) is 6.37. The number of nitrogens with two attached hydrogens (primary N) is 2. The fraction of sp³-hybridized carbons (Fsp3) is 0. The van der Waals surface area contributed by atoms with Crippen molar-refractivity contribution in [3.8, 4) is 0 Å². The molecule has 2 aromatic rings. The normalized spacial score (nSPS) is 11.1. The summed E-state index contributed by atoms with van der Waals surface area (Å²) in [5, 5.41) is 7.59. The highest BCUT2D eigenvalue weighted by Crippen LogP contribution is 2.21. The third kappa shape index (κ3) is 2.95. The highest BCUT2D eigenvalue weighted by atomic mass is 32.2. The zero-order valence-corrected chi connectivity index (χ0v) is 11.2. The number of amides is 1. The van der Waals surface area contributed by atoms with E-state index in [0.29, 0.717) is 5.69 Å². The molecule has 0 aromatic heterocycles. The van der Waals surface area contributed by atoms with Gasteiger partial charge in [-0.2, -0.15) is 0 Å². The molecule has 0 aliphatic rings. The Morgan fingerprint density at radius 2 is 1.60 bits per heavy atom. The van der Waals surface area contributed by atoms with Crippen molar-refractivity contribution in [2.45, 2.75) is 4.90 Å². The summed E-state index contributed by atoms with van der Waals surface area (Å²) in [7, 11) is -3.92. The maximum absolute atomic E-state index is 12.1. The largest absolute Gasteiger partial charge is 0.398 e. The van der Waals surface area contributed by atoms with Crippen LogP contribution in [0.25, 0.3) is 0 Å². The van der Waals surface area contributed by atoms with Crippen LogP contribution in [0, 0.1) is 0 Å². The second-order valence-corrected chi connectivity index (χ2v) is 5.61. The molecule has 0 bridgehead atoms. The van der Waals surface area contributed by atoms with Crippen LogP contribution in [0.4, 0.5) is 11.4 Å². The Hall–Kier alpha value is -2.38. The highest BCUT2D eigenvalue weighted by Gasteiger charge is 2.16. The Bertz CT molecular complexity index is 757. The average Bonchev–Trinajstić information content (AvgIpc) is 2.38. The van der Waals surface area contributed by atoms with Gasteiger partial charge in [-0.25, -0.2) is 13.6 Å². The topological polar surface area (TPSA) is 115 Å². The Labute approximate surface area is 116 Å². The van der Waals surface area contributed by atoms with Crippen molar-refractivity contribution >= 4 is 27.3 Å². The summed E-state index contributed by atoms with van der Waals surface area (Å²) in [5.74, 6) is -0.501. The number of nitrogens with one attached hydrogen (secondary N) is 1. The quantitative estimate of drug-likeness (QED) is 0.736. The summed E-state index contributed by atoms with van der Waals surface area (Å²) in [6, 6.07) is 12.4. The molecule has 0 aliphatic heterocycles. The molecule has 2 aromatic carbocycles. The molecule has 0 atom stereocenters. The number of primary sulfonamides is 1. The number of nitrogen functional groups attached to an aromatic ring is 1. The van der Waals surface area contributed by atoms with Gasteiger partial charge in [0.25, 0.3) is 5.91 Å². The van der Waals surface area contributed by atoms with Crippen molar-refractivity contribution in [3.05, 3.63) is 54.1 Å². The molecule has 0 radical (unpaired) electrons. The Morgan fingerprint density at radius 3 is 2.25 bits per heavy atom. The van der Waals surface area contributed by atoms with Gasteiger partial charge in [0.1, 0.15) is 4.90 Å². The van der Waals surface area contributed by atoms with Crippen LogP contribution >= 0.6 is 0 Å². The number of benzene rings is 2. The van der Waals surface area contributed by atoms with Gasteiger partial charge in [-0.3, -0.25) is 4.79 Å². The summed E-state index contributed by atoms with van der Waals surface area (Å²) < 4.78 is 22.9.